The molecule has 2 aromatic rings. The zero-order valence-electron chi connectivity index (χ0n) is 9.23. The van der Waals surface area contributed by atoms with Gasteiger partial charge in [-0.05, 0) is 17.5 Å². The van der Waals surface area contributed by atoms with Crippen molar-refractivity contribution < 1.29 is 4.79 Å². The maximum absolute atomic E-state index is 12.1. The maximum atomic E-state index is 12.1. The molecule has 1 nitrogen and oxygen atoms in total. The Kier molecular flexibility index (Phi) is 3.29. The normalized spacial score (nSPS) is 12.4. The van der Waals surface area contributed by atoms with Crippen LogP contribution < -0.4 is 0 Å². The van der Waals surface area contributed by atoms with Crippen molar-refractivity contribution in [2.45, 2.75) is 6.42 Å². The number of rotatable bonds is 0. The Bertz CT molecular complexity index is 498. The van der Waals surface area contributed by atoms with Crippen LogP contribution in [0.5, 0.6) is 0 Å². The summed E-state index contributed by atoms with van der Waals surface area (Å²) < 4.78 is 0. The van der Waals surface area contributed by atoms with Crippen molar-refractivity contribution in [2.24, 2.45) is 0 Å². The number of hydrogen-bond donors (Lipinski definition) is 0. The summed E-state index contributed by atoms with van der Waals surface area (Å²) in [5.74, 6) is 0.160. The molecule has 0 spiro atoms. The summed E-state index contributed by atoms with van der Waals surface area (Å²) in [6.07, 6.45) is 0.873. The minimum atomic E-state index is 0. The fraction of sp³-hybridized carbons (Fsp3) is 0.0714. The van der Waals surface area contributed by atoms with Crippen LogP contribution in [0.15, 0.2) is 48.5 Å². The molecule has 0 bridgehead atoms. The van der Waals surface area contributed by atoms with Gasteiger partial charge < -0.3 is 0 Å². The van der Waals surface area contributed by atoms with Crippen molar-refractivity contribution in [3.8, 4) is 0 Å². The van der Waals surface area contributed by atoms with Crippen molar-refractivity contribution in [1.29, 1.82) is 0 Å². The van der Waals surface area contributed by atoms with E-state index >= 15 is 0 Å². The van der Waals surface area contributed by atoms with Crippen molar-refractivity contribution in [1.82, 2.24) is 0 Å². The molecule has 2 aromatic carbocycles. The number of carbonyl (C=O) groups is 1. The molecule has 16 heavy (non-hydrogen) atoms. The van der Waals surface area contributed by atoms with E-state index in [1.807, 2.05) is 48.5 Å². The summed E-state index contributed by atoms with van der Waals surface area (Å²) in [6.45, 7) is 0. The van der Waals surface area contributed by atoms with Gasteiger partial charge in [-0.3, -0.25) is 4.79 Å². The molecule has 73 valence electrons. The zero-order chi connectivity index (χ0) is 10.3. The van der Waals surface area contributed by atoms with Crippen LogP contribution in [0.4, 0.5) is 0 Å². The summed E-state index contributed by atoms with van der Waals surface area (Å²) in [5.41, 5.74) is 4.00. The Morgan fingerprint density at radius 2 is 1.19 bits per heavy atom. The Morgan fingerprint density at radius 3 is 1.69 bits per heavy atom. The maximum Gasteiger partial charge on any atom is 0.193 e. The molecule has 1 aliphatic carbocycles. The quantitative estimate of drug-likeness (QED) is 0.528. The van der Waals surface area contributed by atoms with Crippen molar-refractivity contribution >= 4 is 35.3 Å². The van der Waals surface area contributed by atoms with Gasteiger partial charge in [0.25, 0.3) is 0 Å². The number of ketones is 1. The van der Waals surface area contributed by atoms with Crippen LogP contribution >= 0.6 is 0 Å². The van der Waals surface area contributed by atoms with Crippen LogP contribution in [0, 0.1) is 0 Å². The number of carbonyl (C=O) groups excluding carboxylic acids is 1. The van der Waals surface area contributed by atoms with Crippen LogP contribution in [-0.4, -0.2) is 35.3 Å². The fourth-order valence-corrected chi connectivity index (χ4v) is 2.14. The molecule has 3 rings (SSSR count). The van der Waals surface area contributed by atoms with Gasteiger partial charge >= 0.3 is 0 Å². The predicted molar refractivity (Wildman–Crippen MR) is 64.9 cm³/mol. The molecule has 0 heterocycles. The standard InChI is InChI=1S/C14H10O.Na/c15-14-12-7-3-1-5-10(12)9-11-6-2-4-8-13(11)14;/h1-8H,9H2;. The zero-order valence-corrected chi connectivity index (χ0v) is 11.2. The first kappa shape index (κ1) is 11.6. The van der Waals surface area contributed by atoms with Crippen molar-refractivity contribution in [2.75, 3.05) is 0 Å². The van der Waals surface area contributed by atoms with Crippen LogP contribution in [-0.2, 0) is 6.42 Å². The van der Waals surface area contributed by atoms with E-state index in [0.717, 1.165) is 28.7 Å². The van der Waals surface area contributed by atoms with Gasteiger partial charge in [0.2, 0.25) is 0 Å². The van der Waals surface area contributed by atoms with E-state index in [9.17, 15) is 4.79 Å². The molecule has 0 N–H and O–H groups in total. The van der Waals surface area contributed by atoms with E-state index in [1.54, 1.807) is 0 Å². The van der Waals surface area contributed by atoms with E-state index < -0.39 is 0 Å². The van der Waals surface area contributed by atoms with Crippen LogP contribution in [0.3, 0.4) is 0 Å². The average molecular weight is 217 g/mol. The van der Waals surface area contributed by atoms with Crippen molar-refractivity contribution in [3.63, 3.8) is 0 Å². The molecule has 0 amide bonds. The molecule has 0 atom stereocenters. The molecular formula is C14H10NaO. The summed E-state index contributed by atoms with van der Waals surface area (Å²) in [4.78, 5) is 12.1. The molecule has 0 saturated carbocycles. The van der Waals surface area contributed by atoms with Crippen molar-refractivity contribution in [3.05, 3.63) is 70.8 Å². The topological polar surface area (TPSA) is 17.1 Å². The van der Waals surface area contributed by atoms with E-state index in [4.69, 9.17) is 0 Å². The van der Waals surface area contributed by atoms with Crippen LogP contribution in [0.25, 0.3) is 0 Å². The molecule has 0 aliphatic heterocycles. The first-order chi connectivity index (χ1) is 7.36. The second-order valence-corrected chi connectivity index (χ2v) is 3.82. The van der Waals surface area contributed by atoms with E-state index in [0.29, 0.717) is 0 Å². The van der Waals surface area contributed by atoms with E-state index in [1.165, 1.54) is 0 Å². The monoisotopic (exact) mass is 217 g/mol. The molecule has 2 heteroatoms. The van der Waals surface area contributed by atoms with Gasteiger partial charge in [-0.25, -0.2) is 0 Å². The average Bonchev–Trinajstić information content (AvgIpc) is 2.30. The van der Waals surface area contributed by atoms with E-state index in [2.05, 4.69) is 0 Å². The Labute approximate surface area is 117 Å². The molecule has 0 saturated heterocycles. The summed E-state index contributed by atoms with van der Waals surface area (Å²) in [7, 11) is 0. The second-order valence-electron chi connectivity index (χ2n) is 3.82. The molecule has 1 aliphatic rings. The molecule has 0 aromatic heterocycles. The van der Waals surface area contributed by atoms with Gasteiger partial charge in [-0.15, -0.1) is 0 Å². The second kappa shape index (κ2) is 4.54. The van der Waals surface area contributed by atoms with E-state index in [-0.39, 0.29) is 35.3 Å². The third kappa shape index (κ3) is 1.75. The Balaban J connectivity index is 0.000000963. The first-order valence-electron chi connectivity index (χ1n) is 5.07. The summed E-state index contributed by atoms with van der Waals surface area (Å²) >= 11 is 0. The van der Waals surface area contributed by atoms with Gasteiger partial charge in [-0.1, -0.05) is 48.5 Å². The molecular weight excluding hydrogens is 207 g/mol. The summed E-state index contributed by atoms with van der Waals surface area (Å²) in [5, 5.41) is 0. The number of hydrogen-bond acceptors (Lipinski definition) is 1. The fourth-order valence-electron chi connectivity index (χ4n) is 2.14. The Hall–Kier alpha value is -0.890. The smallest absolute Gasteiger partial charge is 0.193 e. The van der Waals surface area contributed by atoms with Gasteiger partial charge in [0.05, 0.1) is 0 Å². The predicted octanol–water partition coefficient (Wildman–Crippen LogP) is 2.44. The van der Waals surface area contributed by atoms with Gasteiger partial charge in [0, 0.05) is 40.7 Å². The largest absolute Gasteiger partial charge is 0.289 e. The first-order valence-corrected chi connectivity index (χ1v) is 5.07. The van der Waals surface area contributed by atoms with Gasteiger partial charge in [-0.2, -0.15) is 0 Å². The molecule has 0 fully saturated rings. The van der Waals surface area contributed by atoms with Gasteiger partial charge in [0.15, 0.2) is 5.78 Å². The van der Waals surface area contributed by atoms with Crippen LogP contribution in [0.2, 0.25) is 0 Å². The SMILES string of the molecule is O=C1c2ccccc2Cc2ccccc21.[Na]. The third-order valence-corrected chi connectivity index (χ3v) is 2.90. The minimum Gasteiger partial charge on any atom is -0.289 e. The number of fused-ring (bicyclic) bond motifs is 2. The van der Waals surface area contributed by atoms with Gasteiger partial charge in [0.1, 0.15) is 0 Å². The van der Waals surface area contributed by atoms with Crippen LogP contribution in [0.1, 0.15) is 27.0 Å². The third-order valence-electron chi connectivity index (χ3n) is 2.90. The Morgan fingerprint density at radius 1 is 0.750 bits per heavy atom. The minimum absolute atomic E-state index is 0. The molecule has 1 radical (unpaired) electrons. The number of benzene rings is 2. The summed E-state index contributed by atoms with van der Waals surface area (Å²) in [6, 6.07) is 15.7. The molecule has 0 unspecified atom stereocenters.